The van der Waals surface area contributed by atoms with Crippen LogP contribution in [0.15, 0.2) is 17.6 Å². The number of carboxylic acid groups (broad SMARTS) is 1. The molecule has 0 fully saturated rings. The number of thiazole rings is 1. The fourth-order valence-corrected chi connectivity index (χ4v) is 2.87. The van der Waals surface area contributed by atoms with Gasteiger partial charge < -0.3 is 9.84 Å². The van der Waals surface area contributed by atoms with E-state index in [0.29, 0.717) is 18.3 Å². The number of aromatic carboxylic acids is 1. The average molecular weight is 283 g/mol. The van der Waals surface area contributed by atoms with Gasteiger partial charge in [-0.25, -0.2) is 9.78 Å². The zero-order valence-corrected chi connectivity index (χ0v) is 11.7. The van der Waals surface area contributed by atoms with E-state index in [1.54, 1.807) is 6.20 Å². The number of thiophene rings is 1. The Balaban J connectivity index is 2.17. The van der Waals surface area contributed by atoms with Crippen LogP contribution in [0, 0.1) is 0 Å². The molecule has 6 heteroatoms. The van der Waals surface area contributed by atoms with Crippen molar-refractivity contribution in [2.45, 2.75) is 26.4 Å². The highest BCUT2D eigenvalue weighted by Gasteiger charge is 2.18. The molecule has 2 aromatic heterocycles. The number of hydrogen-bond donors (Lipinski definition) is 1. The molecule has 18 heavy (non-hydrogen) atoms. The topological polar surface area (TPSA) is 59.4 Å². The molecule has 0 unspecified atom stereocenters. The van der Waals surface area contributed by atoms with Gasteiger partial charge in [-0.3, -0.25) is 0 Å². The van der Waals surface area contributed by atoms with Crippen molar-refractivity contribution in [2.24, 2.45) is 0 Å². The quantitative estimate of drug-likeness (QED) is 0.910. The van der Waals surface area contributed by atoms with Gasteiger partial charge in [0.25, 0.3) is 0 Å². The summed E-state index contributed by atoms with van der Waals surface area (Å²) in [5.74, 6) is -0.210. The summed E-state index contributed by atoms with van der Waals surface area (Å²) < 4.78 is 5.55. The number of aromatic nitrogens is 1. The zero-order valence-electron chi connectivity index (χ0n) is 10.0. The Bertz CT molecular complexity index is 532. The molecular weight excluding hydrogens is 270 g/mol. The van der Waals surface area contributed by atoms with Crippen LogP contribution in [0.2, 0.25) is 0 Å². The highest BCUT2D eigenvalue weighted by atomic mass is 32.1. The van der Waals surface area contributed by atoms with Crippen molar-refractivity contribution >= 4 is 28.6 Å². The summed E-state index contributed by atoms with van der Waals surface area (Å²) in [7, 11) is 0. The number of hydrogen-bond acceptors (Lipinski definition) is 5. The van der Waals surface area contributed by atoms with Gasteiger partial charge in [0, 0.05) is 16.5 Å². The molecule has 2 aromatic rings. The van der Waals surface area contributed by atoms with Crippen LogP contribution in [-0.4, -0.2) is 16.1 Å². The monoisotopic (exact) mass is 283 g/mol. The molecule has 96 valence electrons. The van der Waals surface area contributed by atoms with E-state index >= 15 is 0 Å². The number of nitrogens with zero attached hydrogens (tertiary/aromatic N) is 1. The highest BCUT2D eigenvalue weighted by Crippen LogP contribution is 2.34. The minimum absolute atomic E-state index is 0.259. The SMILES string of the molecule is CC(C)c1cc(OCc2nccs2)c(C(=O)O)s1. The third-order valence-electron chi connectivity index (χ3n) is 2.31. The largest absolute Gasteiger partial charge is 0.485 e. The van der Waals surface area contributed by atoms with Crippen LogP contribution < -0.4 is 4.74 Å². The van der Waals surface area contributed by atoms with E-state index in [0.717, 1.165) is 9.88 Å². The van der Waals surface area contributed by atoms with E-state index in [-0.39, 0.29) is 4.88 Å². The van der Waals surface area contributed by atoms with Gasteiger partial charge >= 0.3 is 5.97 Å². The molecule has 0 aliphatic heterocycles. The minimum Gasteiger partial charge on any atom is -0.485 e. The predicted octanol–water partition coefficient (Wildman–Crippen LogP) is 3.61. The second-order valence-electron chi connectivity index (χ2n) is 4.02. The van der Waals surface area contributed by atoms with Crippen LogP contribution in [0.5, 0.6) is 5.75 Å². The van der Waals surface area contributed by atoms with E-state index in [9.17, 15) is 4.79 Å². The summed E-state index contributed by atoms with van der Waals surface area (Å²) in [6.45, 7) is 4.37. The Kier molecular flexibility index (Phi) is 3.98. The Morgan fingerprint density at radius 2 is 2.33 bits per heavy atom. The van der Waals surface area contributed by atoms with Gasteiger partial charge in [0.1, 0.15) is 17.4 Å². The molecule has 1 N–H and O–H groups in total. The molecule has 0 spiro atoms. The van der Waals surface area contributed by atoms with Gasteiger partial charge in [0.05, 0.1) is 0 Å². The fraction of sp³-hybridized carbons (Fsp3) is 0.333. The van der Waals surface area contributed by atoms with Gasteiger partial charge in [0.2, 0.25) is 0 Å². The third-order valence-corrected chi connectivity index (χ3v) is 4.47. The molecule has 0 amide bonds. The average Bonchev–Trinajstić information content (AvgIpc) is 2.95. The van der Waals surface area contributed by atoms with Crippen LogP contribution in [0.25, 0.3) is 0 Å². The summed E-state index contributed by atoms with van der Waals surface area (Å²) in [6.07, 6.45) is 1.70. The highest BCUT2D eigenvalue weighted by molar-refractivity contribution is 7.14. The molecular formula is C12H13NO3S2. The van der Waals surface area contributed by atoms with Crippen molar-refractivity contribution in [3.8, 4) is 5.75 Å². The number of carboxylic acids is 1. The van der Waals surface area contributed by atoms with Crippen molar-refractivity contribution in [3.63, 3.8) is 0 Å². The van der Waals surface area contributed by atoms with Crippen molar-refractivity contribution in [1.29, 1.82) is 0 Å². The van der Waals surface area contributed by atoms with Gasteiger partial charge in [-0.2, -0.15) is 0 Å². The zero-order chi connectivity index (χ0) is 13.1. The Hall–Kier alpha value is -1.40. The maximum absolute atomic E-state index is 11.1. The molecule has 2 heterocycles. The normalized spacial score (nSPS) is 10.8. The second-order valence-corrected chi connectivity index (χ2v) is 6.08. The number of rotatable bonds is 5. The van der Waals surface area contributed by atoms with E-state index in [1.165, 1.54) is 22.7 Å². The summed E-state index contributed by atoms with van der Waals surface area (Å²) in [6, 6.07) is 1.81. The molecule has 0 saturated heterocycles. The molecule has 0 aliphatic rings. The Labute approximate surface area is 113 Å². The summed E-state index contributed by atoms with van der Waals surface area (Å²) in [5.41, 5.74) is 0. The van der Waals surface area contributed by atoms with Crippen LogP contribution in [0.4, 0.5) is 0 Å². The lowest BCUT2D eigenvalue weighted by molar-refractivity contribution is 0.0697. The summed E-state index contributed by atoms with van der Waals surface area (Å²) >= 11 is 2.76. The van der Waals surface area contributed by atoms with Gasteiger partial charge in [-0.05, 0) is 12.0 Å². The Morgan fingerprint density at radius 3 is 2.89 bits per heavy atom. The van der Waals surface area contributed by atoms with Gasteiger partial charge in [-0.15, -0.1) is 22.7 Å². The first kappa shape index (κ1) is 13.0. The summed E-state index contributed by atoms with van der Waals surface area (Å²) in [5, 5.41) is 11.8. The first-order valence-electron chi connectivity index (χ1n) is 5.46. The lowest BCUT2D eigenvalue weighted by Gasteiger charge is -2.02. The minimum atomic E-state index is -0.943. The number of ether oxygens (including phenoxy) is 1. The maximum atomic E-state index is 11.1. The van der Waals surface area contributed by atoms with Crippen molar-refractivity contribution < 1.29 is 14.6 Å². The molecule has 0 atom stereocenters. The van der Waals surface area contributed by atoms with Gasteiger partial charge in [0.15, 0.2) is 4.88 Å². The lowest BCUT2D eigenvalue weighted by atomic mass is 10.2. The summed E-state index contributed by atoms with van der Waals surface area (Å²) in [4.78, 5) is 16.5. The van der Waals surface area contributed by atoms with Crippen molar-refractivity contribution in [1.82, 2.24) is 4.98 Å². The molecule has 0 aliphatic carbocycles. The van der Waals surface area contributed by atoms with Crippen molar-refractivity contribution in [3.05, 3.63) is 32.4 Å². The molecule has 4 nitrogen and oxygen atoms in total. The van der Waals surface area contributed by atoms with E-state index in [4.69, 9.17) is 9.84 Å². The molecule has 0 aromatic carbocycles. The molecule has 2 rings (SSSR count). The molecule has 0 radical (unpaired) electrons. The predicted molar refractivity (Wildman–Crippen MR) is 71.8 cm³/mol. The van der Waals surface area contributed by atoms with E-state index in [1.807, 2.05) is 25.3 Å². The first-order valence-corrected chi connectivity index (χ1v) is 7.15. The van der Waals surface area contributed by atoms with E-state index in [2.05, 4.69) is 4.98 Å². The fourth-order valence-electron chi connectivity index (χ4n) is 1.40. The lowest BCUT2D eigenvalue weighted by Crippen LogP contribution is -1.99. The smallest absolute Gasteiger partial charge is 0.349 e. The third kappa shape index (κ3) is 2.88. The van der Waals surface area contributed by atoms with Crippen LogP contribution in [0.3, 0.4) is 0 Å². The van der Waals surface area contributed by atoms with Crippen LogP contribution >= 0.6 is 22.7 Å². The Morgan fingerprint density at radius 1 is 1.56 bits per heavy atom. The van der Waals surface area contributed by atoms with Gasteiger partial charge in [-0.1, -0.05) is 13.8 Å². The van der Waals surface area contributed by atoms with Crippen molar-refractivity contribution in [2.75, 3.05) is 0 Å². The standard InChI is InChI=1S/C12H13NO3S2/c1-7(2)9-5-8(11(18-9)12(14)15)16-6-10-13-3-4-17-10/h3-5,7H,6H2,1-2H3,(H,14,15). The molecule has 0 bridgehead atoms. The van der Waals surface area contributed by atoms with Crippen LogP contribution in [-0.2, 0) is 6.61 Å². The molecule has 0 saturated carbocycles. The number of carbonyl (C=O) groups is 1. The maximum Gasteiger partial charge on any atom is 0.349 e. The first-order chi connectivity index (χ1) is 8.58. The second kappa shape index (κ2) is 5.49. The van der Waals surface area contributed by atoms with E-state index < -0.39 is 5.97 Å². The van der Waals surface area contributed by atoms with Crippen LogP contribution in [0.1, 0.15) is 39.3 Å².